The Labute approximate surface area is 109 Å². The summed E-state index contributed by atoms with van der Waals surface area (Å²) in [6.07, 6.45) is 4.86. The number of halogens is 1. The fraction of sp³-hybridized carbons (Fsp3) is 0.250. The van der Waals surface area contributed by atoms with E-state index in [-0.39, 0.29) is 0 Å². The summed E-state index contributed by atoms with van der Waals surface area (Å²) in [5.41, 5.74) is 0. The van der Waals surface area contributed by atoms with E-state index in [1.807, 2.05) is 47.4 Å². The predicted octanol–water partition coefficient (Wildman–Crippen LogP) is 2.96. The second kappa shape index (κ2) is 5.89. The number of hydrogen-bond acceptors (Lipinski definition) is 2. The van der Waals surface area contributed by atoms with Gasteiger partial charge < -0.3 is 4.74 Å². The van der Waals surface area contributed by atoms with Crippen molar-refractivity contribution < 1.29 is 4.74 Å². The molecule has 0 fully saturated rings. The van der Waals surface area contributed by atoms with Crippen LogP contribution in [0, 0.1) is 3.57 Å². The van der Waals surface area contributed by atoms with Gasteiger partial charge in [0.05, 0.1) is 16.4 Å². The molecule has 1 aromatic carbocycles. The highest BCUT2D eigenvalue weighted by Crippen LogP contribution is 2.08. The van der Waals surface area contributed by atoms with Gasteiger partial charge in [-0.3, -0.25) is 4.68 Å². The fourth-order valence-corrected chi connectivity index (χ4v) is 1.84. The Morgan fingerprint density at radius 1 is 1.25 bits per heavy atom. The third-order valence-corrected chi connectivity index (χ3v) is 2.70. The van der Waals surface area contributed by atoms with Crippen LogP contribution in [0.2, 0.25) is 0 Å². The smallest absolute Gasteiger partial charge is 0.119 e. The first-order chi connectivity index (χ1) is 7.84. The summed E-state index contributed by atoms with van der Waals surface area (Å²) in [6.45, 7) is 1.62. The summed E-state index contributed by atoms with van der Waals surface area (Å²) in [5, 5.41) is 4.21. The maximum Gasteiger partial charge on any atom is 0.119 e. The predicted molar refractivity (Wildman–Crippen MR) is 71.5 cm³/mol. The second-order valence-electron chi connectivity index (χ2n) is 3.44. The molecule has 0 radical (unpaired) electrons. The molecule has 0 aliphatic rings. The van der Waals surface area contributed by atoms with Crippen LogP contribution in [0.15, 0.2) is 42.7 Å². The van der Waals surface area contributed by atoms with E-state index >= 15 is 0 Å². The lowest BCUT2D eigenvalue weighted by Gasteiger charge is -2.05. The van der Waals surface area contributed by atoms with Gasteiger partial charge in [0.1, 0.15) is 5.75 Å². The van der Waals surface area contributed by atoms with Crippen LogP contribution in [-0.2, 0) is 6.54 Å². The average Bonchev–Trinajstić information content (AvgIpc) is 2.72. The van der Waals surface area contributed by atoms with E-state index in [2.05, 4.69) is 27.7 Å². The molecule has 1 heterocycles. The van der Waals surface area contributed by atoms with Crippen LogP contribution in [0.1, 0.15) is 6.42 Å². The monoisotopic (exact) mass is 328 g/mol. The van der Waals surface area contributed by atoms with Crippen LogP contribution in [0.3, 0.4) is 0 Å². The zero-order valence-corrected chi connectivity index (χ0v) is 11.0. The van der Waals surface area contributed by atoms with Gasteiger partial charge in [-0.2, -0.15) is 5.10 Å². The van der Waals surface area contributed by atoms with E-state index in [9.17, 15) is 0 Å². The molecule has 0 atom stereocenters. The van der Waals surface area contributed by atoms with Gasteiger partial charge in [-0.15, -0.1) is 0 Å². The SMILES string of the molecule is Ic1cnn(CCCOc2ccccc2)c1. The number of aryl methyl sites for hydroxylation is 1. The fourth-order valence-electron chi connectivity index (χ4n) is 1.39. The molecule has 0 aliphatic heterocycles. The Balaban J connectivity index is 1.69. The minimum Gasteiger partial charge on any atom is -0.494 e. The van der Waals surface area contributed by atoms with E-state index in [0.717, 1.165) is 25.3 Å². The normalized spacial score (nSPS) is 10.3. The van der Waals surface area contributed by atoms with Crippen molar-refractivity contribution in [2.24, 2.45) is 0 Å². The molecule has 0 spiro atoms. The molecular weight excluding hydrogens is 315 g/mol. The maximum atomic E-state index is 5.59. The van der Waals surface area contributed by atoms with Gasteiger partial charge in [0, 0.05) is 19.2 Å². The molecule has 0 N–H and O–H groups in total. The van der Waals surface area contributed by atoms with Crippen molar-refractivity contribution in [2.45, 2.75) is 13.0 Å². The van der Waals surface area contributed by atoms with Gasteiger partial charge >= 0.3 is 0 Å². The van der Waals surface area contributed by atoms with Gasteiger partial charge in [0.15, 0.2) is 0 Å². The first-order valence-corrected chi connectivity index (χ1v) is 6.28. The maximum absolute atomic E-state index is 5.59. The van der Waals surface area contributed by atoms with Gasteiger partial charge in [-0.25, -0.2) is 0 Å². The molecular formula is C12H13IN2O. The van der Waals surface area contributed by atoms with E-state index in [1.54, 1.807) is 0 Å². The van der Waals surface area contributed by atoms with Gasteiger partial charge in [-0.05, 0) is 34.7 Å². The minimum absolute atomic E-state index is 0.723. The third kappa shape index (κ3) is 3.52. The summed E-state index contributed by atoms with van der Waals surface area (Å²) in [7, 11) is 0. The Kier molecular flexibility index (Phi) is 4.21. The van der Waals surface area contributed by atoms with Crippen LogP contribution >= 0.6 is 22.6 Å². The van der Waals surface area contributed by atoms with E-state index < -0.39 is 0 Å². The molecule has 0 saturated carbocycles. The molecule has 3 nitrogen and oxygen atoms in total. The molecule has 0 saturated heterocycles. The lowest BCUT2D eigenvalue weighted by molar-refractivity contribution is 0.298. The van der Waals surface area contributed by atoms with Crippen molar-refractivity contribution in [2.75, 3.05) is 6.61 Å². The number of hydrogen-bond donors (Lipinski definition) is 0. The van der Waals surface area contributed by atoms with Crippen molar-refractivity contribution in [1.82, 2.24) is 9.78 Å². The molecule has 0 aliphatic carbocycles. The van der Waals surface area contributed by atoms with Crippen molar-refractivity contribution in [3.8, 4) is 5.75 Å². The van der Waals surface area contributed by atoms with E-state index in [4.69, 9.17) is 4.74 Å². The van der Waals surface area contributed by atoms with Crippen LogP contribution in [0.25, 0.3) is 0 Å². The Morgan fingerprint density at radius 3 is 2.75 bits per heavy atom. The standard InChI is InChI=1S/C12H13IN2O/c13-11-9-14-15(10-11)7-4-8-16-12-5-2-1-3-6-12/h1-3,5-6,9-10H,4,7-8H2. The molecule has 4 heteroatoms. The highest BCUT2D eigenvalue weighted by molar-refractivity contribution is 14.1. The van der Waals surface area contributed by atoms with Crippen molar-refractivity contribution in [3.05, 3.63) is 46.3 Å². The molecule has 0 unspecified atom stereocenters. The lowest BCUT2D eigenvalue weighted by Crippen LogP contribution is -2.04. The summed E-state index contributed by atoms with van der Waals surface area (Å²) >= 11 is 2.26. The zero-order chi connectivity index (χ0) is 11.2. The number of aromatic nitrogens is 2. The number of benzene rings is 1. The van der Waals surface area contributed by atoms with Crippen molar-refractivity contribution >= 4 is 22.6 Å². The van der Waals surface area contributed by atoms with Crippen LogP contribution in [-0.4, -0.2) is 16.4 Å². The number of nitrogens with zero attached hydrogens (tertiary/aromatic N) is 2. The number of para-hydroxylation sites is 1. The molecule has 0 bridgehead atoms. The van der Waals surface area contributed by atoms with E-state index in [1.165, 1.54) is 3.57 Å². The first-order valence-electron chi connectivity index (χ1n) is 5.20. The topological polar surface area (TPSA) is 27.1 Å². The highest BCUT2D eigenvalue weighted by Gasteiger charge is 1.95. The first kappa shape index (κ1) is 11.4. The average molecular weight is 328 g/mol. The lowest BCUT2D eigenvalue weighted by atomic mass is 10.3. The number of rotatable bonds is 5. The molecule has 2 aromatic rings. The van der Waals surface area contributed by atoms with Gasteiger partial charge in [0.25, 0.3) is 0 Å². The zero-order valence-electron chi connectivity index (χ0n) is 8.84. The largest absolute Gasteiger partial charge is 0.494 e. The third-order valence-electron chi connectivity index (χ3n) is 2.15. The Bertz CT molecular complexity index is 428. The van der Waals surface area contributed by atoms with Crippen LogP contribution in [0.4, 0.5) is 0 Å². The Morgan fingerprint density at radius 2 is 2.06 bits per heavy atom. The van der Waals surface area contributed by atoms with Gasteiger partial charge in [-0.1, -0.05) is 18.2 Å². The molecule has 1 aromatic heterocycles. The van der Waals surface area contributed by atoms with Crippen molar-refractivity contribution in [1.29, 1.82) is 0 Å². The quantitative estimate of drug-likeness (QED) is 0.623. The van der Waals surface area contributed by atoms with E-state index in [0.29, 0.717) is 0 Å². The number of ether oxygens (including phenoxy) is 1. The van der Waals surface area contributed by atoms with Crippen LogP contribution < -0.4 is 4.74 Å². The summed E-state index contributed by atoms with van der Waals surface area (Å²) < 4.78 is 8.70. The Hall–Kier alpha value is -1.04. The van der Waals surface area contributed by atoms with Crippen molar-refractivity contribution in [3.63, 3.8) is 0 Å². The molecule has 0 amide bonds. The molecule has 16 heavy (non-hydrogen) atoms. The molecule has 84 valence electrons. The summed E-state index contributed by atoms with van der Waals surface area (Å²) in [4.78, 5) is 0. The second-order valence-corrected chi connectivity index (χ2v) is 4.68. The summed E-state index contributed by atoms with van der Waals surface area (Å²) in [5.74, 6) is 0.928. The highest BCUT2D eigenvalue weighted by atomic mass is 127. The molecule has 2 rings (SSSR count). The summed E-state index contributed by atoms with van der Waals surface area (Å²) in [6, 6.07) is 9.88. The van der Waals surface area contributed by atoms with Crippen LogP contribution in [0.5, 0.6) is 5.75 Å². The minimum atomic E-state index is 0.723. The van der Waals surface area contributed by atoms with Gasteiger partial charge in [0.2, 0.25) is 0 Å².